The van der Waals surface area contributed by atoms with Crippen molar-refractivity contribution in [3.63, 3.8) is 0 Å². The summed E-state index contributed by atoms with van der Waals surface area (Å²) in [6.07, 6.45) is 1.81. The summed E-state index contributed by atoms with van der Waals surface area (Å²) in [6, 6.07) is 13.6. The Labute approximate surface area is 150 Å². The van der Waals surface area contributed by atoms with Crippen LogP contribution in [0.15, 0.2) is 60.3 Å². The molecule has 0 unspecified atom stereocenters. The second kappa shape index (κ2) is 6.69. The Hall–Kier alpha value is -2.66. The topological polar surface area (TPSA) is 63.4 Å². The molecule has 0 radical (unpaired) electrons. The summed E-state index contributed by atoms with van der Waals surface area (Å²) >= 11 is 5.98. The maximum absolute atomic E-state index is 12.5. The zero-order valence-electron chi connectivity index (χ0n) is 13.8. The van der Waals surface area contributed by atoms with Crippen molar-refractivity contribution < 1.29 is 9.72 Å². The van der Waals surface area contributed by atoms with Crippen molar-refractivity contribution in [3.05, 3.63) is 81.0 Å². The monoisotopic (exact) mass is 356 g/mol. The molecule has 25 heavy (non-hydrogen) atoms. The highest BCUT2D eigenvalue weighted by Crippen LogP contribution is 2.39. The third-order valence-corrected chi connectivity index (χ3v) is 4.73. The Bertz CT molecular complexity index is 844. The summed E-state index contributed by atoms with van der Waals surface area (Å²) in [5, 5.41) is 11.5. The molecule has 0 spiro atoms. The standard InChI is InChI=1S/C19H17ClN2O3/c1-12-11-21(16-7-9-17(10-8-16)22(24)25)18(13(2)19(12)23)14-3-5-15(20)6-4-14/h3-11,13,18H,1-2H3/t13-,18-/m1/s1. The largest absolute Gasteiger partial charge is 0.339 e. The number of nitro groups is 1. The molecule has 0 aromatic heterocycles. The van der Waals surface area contributed by atoms with E-state index in [-0.39, 0.29) is 23.4 Å². The van der Waals surface area contributed by atoms with Crippen molar-refractivity contribution in [2.24, 2.45) is 5.92 Å². The van der Waals surface area contributed by atoms with Crippen LogP contribution in [-0.2, 0) is 4.79 Å². The Balaban J connectivity index is 2.07. The average Bonchev–Trinajstić information content (AvgIpc) is 2.60. The van der Waals surface area contributed by atoms with Gasteiger partial charge >= 0.3 is 0 Å². The molecule has 0 bridgehead atoms. The van der Waals surface area contributed by atoms with E-state index in [4.69, 9.17) is 11.6 Å². The van der Waals surface area contributed by atoms with E-state index in [0.717, 1.165) is 11.3 Å². The lowest BCUT2D eigenvalue weighted by Crippen LogP contribution is -2.37. The lowest BCUT2D eigenvalue weighted by Gasteiger charge is -2.38. The molecular formula is C19H17ClN2O3. The smallest absolute Gasteiger partial charge is 0.269 e. The van der Waals surface area contributed by atoms with E-state index in [9.17, 15) is 14.9 Å². The Morgan fingerprint density at radius 3 is 2.24 bits per heavy atom. The molecule has 0 saturated heterocycles. The lowest BCUT2D eigenvalue weighted by atomic mass is 9.84. The number of anilines is 1. The first-order valence-electron chi connectivity index (χ1n) is 7.89. The second-order valence-electron chi connectivity index (χ2n) is 6.14. The molecule has 0 aliphatic carbocycles. The summed E-state index contributed by atoms with van der Waals surface area (Å²) < 4.78 is 0. The predicted octanol–water partition coefficient (Wildman–Crippen LogP) is 4.92. The molecule has 0 N–H and O–H groups in total. The predicted molar refractivity (Wildman–Crippen MR) is 97.7 cm³/mol. The van der Waals surface area contributed by atoms with Gasteiger partial charge in [0.1, 0.15) is 0 Å². The minimum atomic E-state index is -0.427. The zero-order valence-corrected chi connectivity index (χ0v) is 14.6. The lowest BCUT2D eigenvalue weighted by molar-refractivity contribution is -0.384. The highest BCUT2D eigenvalue weighted by Gasteiger charge is 2.35. The Kier molecular flexibility index (Phi) is 4.59. The normalized spacial score (nSPS) is 20.4. The van der Waals surface area contributed by atoms with Crippen molar-refractivity contribution in [2.45, 2.75) is 19.9 Å². The quantitative estimate of drug-likeness (QED) is 0.578. The molecule has 0 fully saturated rings. The fourth-order valence-electron chi connectivity index (χ4n) is 3.19. The van der Waals surface area contributed by atoms with Crippen molar-refractivity contribution in [3.8, 4) is 0 Å². The molecule has 128 valence electrons. The molecule has 3 rings (SSSR count). The third-order valence-electron chi connectivity index (χ3n) is 4.48. The van der Waals surface area contributed by atoms with Crippen LogP contribution in [0.3, 0.4) is 0 Å². The first kappa shape index (κ1) is 17.2. The van der Waals surface area contributed by atoms with Crippen LogP contribution in [0.2, 0.25) is 5.02 Å². The van der Waals surface area contributed by atoms with Gasteiger partial charge in [0, 0.05) is 40.5 Å². The zero-order chi connectivity index (χ0) is 18.1. The van der Waals surface area contributed by atoms with E-state index in [2.05, 4.69) is 0 Å². The van der Waals surface area contributed by atoms with E-state index in [1.807, 2.05) is 30.2 Å². The van der Waals surface area contributed by atoms with E-state index in [1.165, 1.54) is 12.1 Å². The van der Waals surface area contributed by atoms with Crippen LogP contribution in [0.5, 0.6) is 0 Å². The van der Waals surface area contributed by atoms with Crippen molar-refractivity contribution in [2.75, 3.05) is 4.90 Å². The van der Waals surface area contributed by atoms with Crippen LogP contribution < -0.4 is 4.90 Å². The fourth-order valence-corrected chi connectivity index (χ4v) is 3.31. The summed E-state index contributed by atoms with van der Waals surface area (Å²) in [5.74, 6) is -0.153. The van der Waals surface area contributed by atoms with Crippen LogP contribution >= 0.6 is 11.6 Å². The molecule has 1 heterocycles. The number of carbonyl (C=O) groups excluding carboxylic acids is 1. The van der Waals surface area contributed by atoms with Gasteiger partial charge in [0.25, 0.3) is 5.69 Å². The van der Waals surface area contributed by atoms with Crippen LogP contribution in [0, 0.1) is 16.0 Å². The highest BCUT2D eigenvalue weighted by atomic mass is 35.5. The fraction of sp³-hybridized carbons (Fsp3) is 0.211. The Morgan fingerprint density at radius 2 is 1.68 bits per heavy atom. The van der Waals surface area contributed by atoms with Crippen LogP contribution in [-0.4, -0.2) is 10.7 Å². The average molecular weight is 357 g/mol. The number of hydrogen-bond acceptors (Lipinski definition) is 4. The molecular weight excluding hydrogens is 340 g/mol. The number of rotatable bonds is 3. The summed E-state index contributed by atoms with van der Waals surface area (Å²) in [4.78, 5) is 24.9. The minimum Gasteiger partial charge on any atom is -0.339 e. The van der Waals surface area contributed by atoms with Gasteiger partial charge in [-0.05, 0) is 36.8 Å². The molecule has 1 aliphatic heterocycles. The number of ketones is 1. The van der Waals surface area contributed by atoms with Crippen molar-refractivity contribution in [1.29, 1.82) is 0 Å². The summed E-state index contributed by atoms with van der Waals surface area (Å²) in [5.41, 5.74) is 2.46. The van der Waals surface area contributed by atoms with E-state index in [0.29, 0.717) is 10.6 Å². The number of nitro benzene ring substituents is 1. The number of allylic oxidation sites excluding steroid dienone is 1. The number of Topliss-reactive ketones (excluding diaryl/α,β-unsaturated/α-hetero) is 1. The van der Waals surface area contributed by atoms with Gasteiger partial charge in [-0.15, -0.1) is 0 Å². The molecule has 2 aromatic carbocycles. The summed E-state index contributed by atoms with van der Waals surface area (Å²) in [6.45, 7) is 3.69. The maximum atomic E-state index is 12.5. The SMILES string of the molecule is CC1=CN(c2ccc([N+](=O)[O-])cc2)[C@@H](c2ccc(Cl)cc2)[C@@H](C)C1=O. The van der Waals surface area contributed by atoms with Gasteiger partial charge in [-0.1, -0.05) is 30.7 Å². The van der Waals surface area contributed by atoms with Gasteiger partial charge in [0.15, 0.2) is 5.78 Å². The number of hydrogen-bond donors (Lipinski definition) is 0. The van der Waals surface area contributed by atoms with Gasteiger partial charge in [0.2, 0.25) is 0 Å². The van der Waals surface area contributed by atoms with E-state index < -0.39 is 4.92 Å². The second-order valence-corrected chi connectivity index (χ2v) is 6.58. The number of nitrogens with zero attached hydrogens (tertiary/aromatic N) is 2. The van der Waals surface area contributed by atoms with Gasteiger partial charge in [-0.2, -0.15) is 0 Å². The van der Waals surface area contributed by atoms with E-state index in [1.54, 1.807) is 31.2 Å². The molecule has 1 aliphatic rings. The first-order chi connectivity index (χ1) is 11.9. The van der Waals surface area contributed by atoms with Gasteiger partial charge in [-0.3, -0.25) is 14.9 Å². The Morgan fingerprint density at radius 1 is 1.08 bits per heavy atom. The van der Waals surface area contributed by atoms with E-state index >= 15 is 0 Å². The number of halogens is 1. The first-order valence-corrected chi connectivity index (χ1v) is 8.27. The number of carbonyl (C=O) groups is 1. The maximum Gasteiger partial charge on any atom is 0.269 e. The molecule has 0 saturated carbocycles. The minimum absolute atomic E-state index is 0.0358. The molecule has 2 aromatic rings. The van der Waals surface area contributed by atoms with Gasteiger partial charge in [0.05, 0.1) is 11.0 Å². The summed E-state index contributed by atoms with van der Waals surface area (Å²) in [7, 11) is 0. The molecule has 6 heteroatoms. The number of benzene rings is 2. The van der Waals surface area contributed by atoms with Gasteiger partial charge < -0.3 is 4.90 Å². The van der Waals surface area contributed by atoms with Gasteiger partial charge in [-0.25, -0.2) is 0 Å². The third kappa shape index (κ3) is 3.28. The van der Waals surface area contributed by atoms with Crippen molar-refractivity contribution >= 4 is 28.8 Å². The van der Waals surface area contributed by atoms with Crippen LogP contribution in [0.1, 0.15) is 25.5 Å². The highest BCUT2D eigenvalue weighted by molar-refractivity contribution is 6.30. The molecule has 0 amide bonds. The van der Waals surface area contributed by atoms with Crippen molar-refractivity contribution in [1.82, 2.24) is 0 Å². The number of non-ortho nitro benzene ring substituents is 1. The van der Waals surface area contributed by atoms with Crippen LogP contribution in [0.4, 0.5) is 11.4 Å². The molecule has 5 nitrogen and oxygen atoms in total. The molecule has 2 atom stereocenters. The van der Waals surface area contributed by atoms with Crippen LogP contribution in [0.25, 0.3) is 0 Å².